The fourth-order valence-corrected chi connectivity index (χ4v) is 4.01. The average Bonchev–Trinajstić information content (AvgIpc) is 3.14. The van der Waals surface area contributed by atoms with Crippen molar-refractivity contribution in [3.63, 3.8) is 0 Å². The minimum atomic E-state index is 0.177. The quantitative estimate of drug-likeness (QED) is 0.772. The molecule has 0 saturated heterocycles. The van der Waals surface area contributed by atoms with Gasteiger partial charge in [0, 0.05) is 33.9 Å². The van der Waals surface area contributed by atoms with Crippen molar-refractivity contribution in [1.29, 1.82) is 0 Å². The van der Waals surface area contributed by atoms with Gasteiger partial charge < -0.3 is 5.32 Å². The van der Waals surface area contributed by atoms with Gasteiger partial charge >= 0.3 is 0 Å². The summed E-state index contributed by atoms with van der Waals surface area (Å²) in [6.07, 6.45) is 3.92. The summed E-state index contributed by atoms with van der Waals surface area (Å²) in [5, 5.41) is 5.67. The molecule has 0 aromatic carbocycles. The van der Waals surface area contributed by atoms with Crippen LogP contribution < -0.4 is 5.32 Å². The normalized spacial score (nSPS) is 17.4. The minimum Gasteiger partial charge on any atom is -0.307 e. The maximum atomic E-state index is 4.94. The van der Waals surface area contributed by atoms with Crippen LogP contribution in [0.5, 0.6) is 0 Å². The van der Waals surface area contributed by atoms with Crippen LogP contribution in [0.4, 0.5) is 0 Å². The molecule has 20 heavy (non-hydrogen) atoms. The Morgan fingerprint density at radius 3 is 2.65 bits per heavy atom. The molecule has 0 aliphatic heterocycles. The summed E-state index contributed by atoms with van der Waals surface area (Å²) in [4.78, 5) is 6.41. The summed E-state index contributed by atoms with van der Waals surface area (Å²) >= 11 is 3.96. The van der Waals surface area contributed by atoms with Crippen LogP contribution in [-0.2, 0) is 12.3 Å². The number of aromatic nitrogens is 1. The summed E-state index contributed by atoms with van der Waals surface area (Å²) in [6.45, 7) is 12.2. The molecule has 1 atom stereocenters. The number of hydrogen-bond donors (Lipinski definition) is 1. The van der Waals surface area contributed by atoms with E-state index in [9.17, 15) is 0 Å². The molecule has 1 aromatic heterocycles. The summed E-state index contributed by atoms with van der Waals surface area (Å²) in [7, 11) is 0. The standard InChI is InChI=1S/C16H28N2S2/c1-6-11(2)19-10-14-18-15(12-7-8-12)13(20-14)9-17-16(3,4)5/h11-12,17H,6-10H2,1-5H3. The maximum Gasteiger partial charge on any atom is 0.103 e. The average molecular weight is 313 g/mol. The van der Waals surface area contributed by atoms with Crippen molar-refractivity contribution >= 4 is 23.1 Å². The largest absolute Gasteiger partial charge is 0.307 e. The van der Waals surface area contributed by atoms with Crippen molar-refractivity contribution in [1.82, 2.24) is 10.3 Å². The highest BCUT2D eigenvalue weighted by Crippen LogP contribution is 2.43. The number of nitrogens with zero attached hydrogens (tertiary/aromatic N) is 1. The minimum absolute atomic E-state index is 0.177. The van der Waals surface area contributed by atoms with Crippen molar-refractivity contribution < 1.29 is 0 Å². The lowest BCUT2D eigenvalue weighted by Crippen LogP contribution is -2.35. The molecule has 1 unspecified atom stereocenters. The molecule has 0 amide bonds. The third-order valence-corrected chi connectivity index (χ3v) is 6.18. The van der Waals surface area contributed by atoms with E-state index >= 15 is 0 Å². The maximum absolute atomic E-state index is 4.94. The first-order chi connectivity index (χ1) is 9.39. The van der Waals surface area contributed by atoms with E-state index in [2.05, 4.69) is 39.9 Å². The smallest absolute Gasteiger partial charge is 0.103 e. The zero-order chi connectivity index (χ0) is 14.8. The van der Waals surface area contributed by atoms with Crippen LogP contribution in [-0.4, -0.2) is 15.8 Å². The zero-order valence-electron chi connectivity index (χ0n) is 13.5. The molecular weight excluding hydrogens is 284 g/mol. The second kappa shape index (κ2) is 6.80. The molecule has 1 saturated carbocycles. The summed E-state index contributed by atoms with van der Waals surface area (Å²) < 4.78 is 0. The van der Waals surface area contributed by atoms with Crippen molar-refractivity contribution in [2.75, 3.05) is 0 Å². The number of hydrogen-bond acceptors (Lipinski definition) is 4. The van der Waals surface area contributed by atoms with Crippen LogP contribution >= 0.6 is 23.1 Å². The van der Waals surface area contributed by atoms with Crippen molar-refractivity contribution in [3.8, 4) is 0 Å². The lowest BCUT2D eigenvalue weighted by Gasteiger charge is -2.20. The van der Waals surface area contributed by atoms with E-state index in [1.807, 2.05) is 23.1 Å². The number of rotatable bonds is 7. The van der Waals surface area contributed by atoms with Gasteiger partial charge in [0.25, 0.3) is 0 Å². The Hall–Kier alpha value is -0.0600. The Labute approximate surface area is 132 Å². The fourth-order valence-electron chi connectivity index (χ4n) is 1.95. The van der Waals surface area contributed by atoms with Gasteiger partial charge in [-0.1, -0.05) is 13.8 Å². The predicted octanol–water partition coefficient (Wildman–Crippen LogP) is 4.94. The summed E-state index contributed by atoms with van der Waals surface area (Å²) in [6, 6.07) is 0. The lowest BCUT2D eigenvalue weighted by atomic mass is 10.1. The Bertz CT molecular complexity index is 430. The second-order valence-corrected chi connectivity index (χ2v) is 9.42. The lowest BCUT2D eigenvalue weighted by molar-refractivity contribution is 0.425. The summed E-state index contributed by atoms with van der Waals surface area (Å²) in [5.41, 5.74) is 1.57. The highest BCUT2D eigenvalue weighted by molar-refractivity contribution is 7.99. The first-order valence-electron chi connectivity index (χ1n) is 7.74. The van der Waals surface area contributed by atoms with Crippen molar-refractivity contribution in [3.05, 3.63) is 15.6 Å². The van der Waals surface area contributed by atoms with Crippen LogP contribution in [0.3, 0.4) is 0 Å². The number of thiazole rings is 1. The molecule has 4 heteroatoms. The van der Waals surface area contributed by atoms with Gasteiger partial charge in [0.15, 0.2) is 0 Å². The fraction of sp³-hybridized carbons (Fsp3) is 0.812. The number of nitrogens with one attached hydrogen (secondary N) is 1. The van der Waals surface area contributed by atoms with E-state index in [1.165, 1.54) is 34.8 Å². The van der Waals surface area contributed by atoms with Crippen LogP contribution in [0.1, 0.15) is 75.4 Å². The Balaban J connectivity index is 2.00. The first-order valence-corrected chi connectivity index (χ1v) is 9.60. The van der Waals surface area contributed by atoms with E-state index in [1.54, 1.807) is 0 Å². The Kier molecular flexibility index (Phi) is 5.55. The van der Waals surface area contributed by atoms with Crippen LogP contribution in [0.25, 0.3) is 0 Å². The topological polar surface area (TPSA) is 24.9 Å². The Morgan fingerprint density at radius 2 is 2.10 bits per heavy atom. The highest BCUT2D eigenvalue weighted by Gasteiger charge is 2.29. The number of thioether (sulfide) groups is 1. The van der Waals surface area contributed by atoms with Gasteiger partial charge in [0.2, 0.25) is 0 Å². The van der Waals surface area contributed by atoms with Crippen LogP contribution in [0.15, 0.2) is 0 Å². The predicted molar refractivity (Wildman–Crippen MR) is 91.7 cm³/mol. The van der Waals surface area contributed by atoms with Gasteiger partial charge in [-0.3, -0.25) is 0 Å². The van der Waals surface area contributed by atoms with E-state index in [4.69, 9.17) is 4.98 Å². The molecular formula is C16H28N2S2. The molecule has 1 aromatic rings. The first kappa shape index (κ1) is 16.3. The molecule has 1 fully saturated rings. The highest BCUT2D eigenvalue weighted by atomic mass is 32.2. The second-order valence-electron chi connectivity index (χ2n) is 6.82. The molecule has 114 valence electrons. The van der Waals surface area contributed by atoms with Gasteiger partial charge in [0.05, 0.1) is 5.69 Å². The van der Waals surface area contributed by atoms with E-state index < -0.39 is 0 Å². The zero-order valence-corrected chi connectivity index (χ0v) is 15.1. The molecule has 1 N–H and O–H groups in total. The third kappa shape index (κ3) is 5.05. The third-order valence-electron chi connectivity index (χ3n) is 3.58. The van der Waals surface area contributed by atoms with Crippen molar-refractivity contribution in [2.24, 2.45) is 0 Å². The van der Waals surface area contributed by atoms with Gasteiger partial charge in [-0.15, -0.1) is 11.3 Å². The molecule has 0 bridgehead atoms. The summed E-state index contributed by atoms with van der Waals surface area (Å²) in [5.74, 6) is 1.83. The van der Waals surface area contributed by atoms with Crippen LogP contribution in [0.2, 0.25) is 0 Å². The van der Waals surface area contributed by atoms with E-state index in [0.717, 1.165) is 23.5 Å². The van der Waals surface area contributed by atoms with Crippen molar-refractivity contribution in [2.45, 2.75) is 82.9 Å². The van der Waals surface area contributed by atoms with Gasteiger partial charge in [0.1, 0.15) is 5.01 Å². The molecule has 0 radical (unpaired) electrons. The van der Waals surface area contributed by atoms with Gasteiger partial charge in [-0.2, -0.15) is 11.8 Å². The SMILES string of the molecule is CCC(C)SCc1nc(C2CC2)c(CNC(C)(C)C)s1. The Morgan fingerprint density at radius 1 is 1.40 bits per heavy atom. The molecule has 2 rings (SSSR count). The van der Waals surface area contributed by atoms with Crippen LogP contribution in [0, 0.1) is 0 Å². The molecule has 0 spiro atoms. The van der Waals surface area contributed by atoms with E-state index in [0.29, 0.717) is 0 Å². The molecule has 1 aliphatic carbocycles. The van der Waals surface area contributed by atoms with E-state index in [-0.39, 0.29) is 5.54 Å². The molecule has 2 nitrogen and oxygen atoms in total. The molecule has 1 heterocycles. The van der Waals surface area contributed by atoms with Gasteiger partial charge in [-0.25, -0.2) is 4.98 Å². The van der Waals surface area contributed by atoms with Gasteiger partial charge in [-0.05, 0) is 40.0 Å². The molecule has 1 aliphatic rings. The monoisotopic (exact) mass is 312 g/mol.